The minimum atomic E-state index is 0.530. The summed E-state index contributed by atoms with van der Waals surface area (Å²) in [4.78, 5) is 7.51. The molecule has 7 heteroatoms. The number of hydrogen-bond acceptors (Lipinski definition) is 4. The van der Waals surface area contributed by atoms with Gasteiger partial charge < -0.3 is 15.2 Å². The Bertz CT molecular complexity index is 711. The van der Waals surface area contributed by atoms with E-state index in [9.17, 15) is 0 Å². The van der Waals surface area contributed by atoms with Crippen molar-refractivity contribution in [1.29, 1.82) is 0 Å². The van der Waals surface area contributed by atoms with Crippen molar-refractivity contribution in [3.8, 4) is 0 Å². The summed E-state index contributed by atoms with van der Waals surface area (Å²) in [5.74, 6) is 2.67. The Kier molecular flexibility index (Phi) is 6.07. The molecule has 0 aliphatic heterocycles. The van der Waals surface area contributed by atoms with Crippen molar-refractivity contribution in [2.75, 3.05) is 0 Å². The van der Waals surface area contributed by atoms with Crippen molar-refractivity contribution < 1.29 is 0 Å². The lowest BCUT2D eigenvalue weighted by atomic mass is 10.2. The van der Waals surface area contributed by atoms with Gasteiger partial charge in [-0.25, -0.2) is 4.99 Å². The molecule has 6 nitrogen and oxygen atoms in total. The predicted octanol–water partition coefficient (Wildman–Crippen LogP) is 2.93. The van der Waals surface area contributed by atoms with Crippen LogP contribution in [0.2, 0.25) is 0 Å². The summed E-state index contributed by atoms with van der Waals surface area (Å²) in [7, 11) is 1.98. The number of nitrogens with one attached hydrogen (secondary N) is 2. The van der Waals surface area contributed by atoms with Crippen molar-refractivity contribution in [3.63, 3.8) is 0 Å². The van der Waals surface area contributed by atoms with Gasteiger partial charge in [0.25, 0.3) is 0 Å². The average Bonchev–Trinajstić information content (AvgIpc) is 3.35. The van der Waals surface area contributed by atoms with E-state index < -0.39 is 0 Å². The Labute approximate surface area is 153 Å². The highest BCUT2D eigenvalue weighted by Crippen LogP contribution is 2.18. The highest BCUT2D eigenvalue weighted by Gasteiger charge is 2.16. The van der Waals surface area contributed by atoms with Crippen molar-refractivity contribution in [2.45, 2.75) is 65.1 Å². The molecule has 0 unspecified atom stereocenters. The highest BCUT2D eigenvalue weighted by molar-refractivity contribution is 7.11. The summed E-state index contributed by atoms with van der Waals surface area (Å²) in [5, 5.41) is 15.4. The molecule has 0 bridgehead atoms. The maximum absolute atomic E-state index is 4.75. The largest absolute Gasteiger partial charge is 0.354 e. The SMILES string of the molecule is CCc1ccc(CNC(=NCc2nnc(C)n2C)NC2CCCC2)s1. The molecule has 0 spiro atoms. The van der Waals surface area contributed by atoms with Crippen LogP contribution in [0.5, 0.6) is 0 Å². The lowest BCUT2D eigenvalue weighted by Gasteiger charge is -2.17. The van der Waals surface area contributed by atoms with Crippen LogP contribution < -0.4 is 10.6 Å². The van der Waals surface area contributed by atoms with Gasteiger partial charge in [0.2, 0.25) is 0 Å². The fourth-order valence-electron chi connectivity index (χ4n) is 3.03. The third kappa shape index (κ3) is 4.81. The topological polar surface area (TPSA) is 67.1 Å². The molecule has 0 amide bonds. The molecule has 0 aromatic carbocycles. The van der Waals surface area contributed by atoms with Gasteiger partial charge in [0, 0.05) is 22.8 Å². The fraction of sp³-hybridized carbons (Fsp3) is 0.611. The number of hydrogen-bond donors (Lipinski definition) is 2. The van der Waals surface area contributed by atoms with Crippen molar-refractivity contribution in [3.05, 3.63) is 33.5 Å². The summed E-state index contributed by atoms with van der Waals surface area (Å²) >= 11 is 1.87. The molecule has 2 heterocycles. The minimum absolute atomic E-state index is 0.530. The Morgan fingerprint density at radius 1 is 1.28 bits per heavy atom. The van der Waals surface area contributed by atoms with Crippen LogP contribution in [-0.2, 0) is 26.6 Å². The Balaban J connectivity index is 1.65. The quantitative estimate of drug-likeness (QED) is 0.614. The van der Waals surface area contributed by atoms with Crippen LogP contribution in [0.3, 0.4) is 0 Å². The Morgan fingerprint density at radius 2 is 2.04 bits per heavy atom. The van der Waals surface area contributed by atoms with Crippen LogP contribution in [-0.4, -0.2) is 26.8 Å². The minimum Gasteiger partial charge on any atom is -0.354 e. The van der Waals surface area contributed by atoms with E-state index in [-0.39, 0.29) is 0 Å². The van der Waals surface area contributed by atoms with E-state index in [1.54, 1.807) is 0 Å². The summed E-state index contributed by atoms with van der Waals surface area (Å²) in [5.41, 5.74) is 0. The standard InChI is InChI=1S/C18H28N6S/c1-4-15-9-10-16(25-15)11-19-18(21-14-7-5-6-8-14)20-12-17-23-22-13(2)24(17)3/h9-10,14H,4-8,11-12H2,1-3H3,(H2,19,20,21). The van der Waals surface area contributed by atoms with Crippen molar-refractivity contribution >= 4 is 17.3 Å². The van der Waals surface area contributed by atoms with Gasteiger partial charge in [-0.1, -0.05) is 19.8 Å². The number of aromatic nitrogens is 3. The zero-order valence-corrected chi connectivity index (χ0v) is 16.2. The van der Waals surface area contributed by atoms with Crippen molar-refractivity contribution in [1.82, 2.24) is 25.4 Å². The highest BCUT2D eigenvalue weighted by atomic mass is 32.1. The van der Waals surface area contributed by atoms with Gasteiger partial charge in [0.05, 0.1) is 6.54 Å². The van der Waals surface area contributed by atoms with Crippen LogP contribution in [0.4, 0.5) is 0 Å². The Hall–Kier alpha value is -1.89. The smallest absolute Gasteiger partial charge is 0.192 e. The Morgan fingerprint density at radius 3 is 2.68 bits per heavy atom. The van der Waals surface area contributed by atoms with E-state index in [2.05, 4.69) is 39.9 Å². The number of thiophene rings is 1. The number of guanidine groups is 1. The second kappa shape index (κ2) is 8.47. The molecule has 1 fully saturated rings. The van der Waals surface area contributed by atoms with Crippen LogP contribution in [0, 0.1) is 6.92 Å². The van der Waals surface area contributed by atoms with Gasteiger partial charge in [0.15, 0.2) is 11.8 Å². The molecular weight excluding hydrogens is 332 g/mol. The van der Waals surface area contributed by atoms with E-state index >= 15 is 0 Å². The summed E-state index contributed by atoms with van der Waals surface area (Å²) in [6.07, 6.45) is 6.15. The second-order valence-corrected chi connectivity index (χ2v) is 7.84. The lowest BCUT2D eigenvalue weighted by Crippen LogP contribution is -2.42. The third-order valence-corrected chi connectivity index (χ3v) is 5.98. The predicted molar refractivity (Wildman–Crippen MR) is 103 cm³/mol. The van der Waals surface area contributed by atoms with Gasteiger partial charge in [-0.2, -0.15) is 0 Å². The number of aryl methyl sites for hydroxylation is 2. The molecule has 2 aromatic rings. The molecule has 1 aliphatic carbocycles. The fourth-order valence-corrected chi connectivity index (χ4v) is 3.93. The molecular formula is C18H28N6S. The molecule has 25 heavy (non-hydrogen) atoms. The molecule has 1 aliphatic rings. The second-order valence-electron chi connectivity index (χ2n) is 6.59. The number of nitrogens with zero attached hydrogens (tertiary/aromatic N) is 4. The van der Waals surface area contributed by atoms with Crippen LogP contribution in [0.1, 0.15) is 54.0 Å². The molecule has 3 rings (SSSR count). The van der Waals surface area contributed by atoms with Gasteiger partial charge in [-0.15, -0.1) is 21.5 Å². The molecule has 2 aromatic heterocycles. The molecule has 136 valence electrons. The summed E-state index contributed by atoms with van der Waals surface area (Å²) < 4.78 is 1.99. The van der Waals surface area contributed by atoms with Crippen LogP contribution >= 0.6 is 11.3 Å². The molecule has 0 radical (unpaired) electrons. The van der Waals surface area contributed by atoms with Gasteiger partial charge in [-0.05, 0) is 38.3 Å². The zero-order valence-electron chi connectivity index (χ0n) is 15.4. The molecule has 0 atom stereocenters. The van der Waals surface area contributed by atoms with E-state index in [1.165, 1.54) is 35.4 Å². The monoisotopic (exact) mass is 360 g/mol. The molecule has 0 saturated heterocycles. The maximum atomic E-state index is 4.75. The van der Waals surface area contributed by atoms with Gasteiger partial charge in [-0.3, -0.25) is 0 Å². The van der Waals surface area contributed by atoms with Gasteiger partial charge in [0.1, 0.15) is 12.4 Å². The van der Waals surface area contributed by atoms with Crippen LogP contribution in [0.15, 0.2) is 17.1 Å². The van der Waals surface area contributed by atoms with Gasteiger partial charge >= 0.3 is 0 Å². The summed E-state index contributed by atoms with van der Waals surface area (Å²) in [6.45, 7) is 5.49. The van der Waals surface area contributed by atoms with Crippen LogP contribution in [0.25, 0.3) is 0 Å². The van der Waals surface area contributed by atoms with E-state index in [0.717, 1.165) is 30.6 Å². The molecule has 1 saturated carbocycles. The van der Waals surface area contributed by atoms with E-state index in [4.69, 9.17) is 4.99 Å². The van der Waals surface area contributed by atoms with E-state index in [0.29, 0.717) is 12.6 Å². The maximum Gasteiger partial charge on any atom is 0.192 e. The average molecular weight is 361 g/mol. The first kappa shape index (κ1) is 17.9. The third-order valence-electron chi connectivity index (χ3n) is 4.75. The zero-order chi connectivity index (χ0) is 17.6. The number of rotatable bonds is 6. The van der Waals surface area contributed by atoms with Crippen molar-refractivity contribution in [2.24, 2.45) is 12.0 Å². The van der Waals surface area contributed by atoms with E-state index in [1.807, 2.05) is 29.9 Å². The summed E-state index contributed by atoms with van der Waals surface area (Å²) in [6, 6.07) is 4.95. The lowest BCUT2D eigenvalue weighted by molar-refractivity contribution is 0.610. The first-order valence-corrected chi connectivity index (χ1v) is 9.94. The number of aliphatic imine (C=N–C) groups is 1. The first-order chi connectivity index (χ1) is 12.2. The normalized spacial score (nSPS) is 15.7. The molecule has 2 N–H and O–H groups in total. The first-order valence-electron chi connectivity index (χ1n) is 9.13.